The number of urea groups is 1. The number of hydrogen-bond acceptors (Lipinski definition) is 1. The maximum Gasteiger partial charge on any atom is 0.320 e. The largest absolute Gasteiger partial charge is 0.325 e. The maximum atomic E-state index is 12.5. The molecule has 2 rings (SSSR count). The molecule has 1 aliphatic rings. The number of benzene rings is 1. The van der Waals surface area contributed by atoms with Crippen LogP contribution in [0.1, 0.15) is 38.3 Å². The SMILES string of the molecule is CC1CCN(C(=O)N(C)C(C)c2ccccc2Cl)CC1. The Hall–Kier alpha value is -1.22. The third-order valence-electron chi connectivity index (χ3n) is 4.29. The summed E-state index contributed by atoms with van der Waals surface area (Å²) < 4.78 is 0. The van der Waals surface area contributed by atoms with Crippen molar-refractivity contribution in [1.82, 2.24) is 9.80 Å². The zero-order valence-corrected chi connectivity index (χ0v) is 13.2. The fraction of sp³-hybridized carbons (Fsp3) is 0.562. The zero-order valence-electron chi connectivity index (χ0n) is 12.5. The highest BCUT2D eigenvalue weighted by Gasteiger charge is 2.26. The molecule has 0 radical (unpaired) electrons. The fourth-order valence-electron chi connectivity index (χ4n) is 2.61. The van der Waals surface area contributed by atoms with Gasteiger partial charge in [0.25, 0.3) is 0 Å². The lowest BCUT2D eigenvalue weighted by Crippen LogP contribution is -2.45. The molecule has 2 amide bonds. The van der Waals surface area contributed by atoms with Crippen molar-refractivity contribution in [2.75, 3.05) is 20.1 Å². The Labute approximate surface area is 126 Å². The lowest BCUT2D eigenvalue weighted by atomic mass is 9.99. The molecule has 1 fully saturated rings. The van der Waals surface area contributed by atoms with E-state index in [0.29, 0.717) is 5.02 Å². The van der Waals surface area contributed by atoms with Gasteiger partial charge in [-0.15, -0.1) is 0 Å². The molecule has 1 aliphatic heterocycles. The van der Waals surface area contributed by atoms with Gasteiger partial charge in [0.1, 0.15) is 0 Å². The van der Waals surface area contributed by atoms with Crippen LogP contribution in [0.5, 0.6) is 0 Å². The van der Waals surface area contributed by atoms with Crippen LogP contribution in [0.2, 0.25) is 5.02 Å². The van der Waals surface area contributed by atoms with Crippen LogP contribution in [-0.4, -0.2) is 36.0 Å². The second-order valence-electron chi connectivity index (χ2n) is 5.76. The third kappa shape index (κ3) is 3.26. The van der Waals surface area contributed by atoms with Gasteiger partial charge < -0.3 is 9.80 Å². The number of halogens is 1. The Balaban J connectivity index is 2.05. The predicted octanol–water partition coefficient (Wildman–Crippen LogP) is 4.18. The topological polar surface area (TPSA) is 23.6 Å². The number of carbonyl (C=O) groups excluding carboxylic acids is 1. The summed E-state index contributed by atoms with van der Waals surface area (Å²) >= 11 is 6.22. The van der Waals surface area contributed by atoms with Gasteiger partial charge in [-0.3, -0.25) is 0 Å². The van der Waals surface area contributed by atoms with Gasteiger partial charge in [0, 0.05) is 25.2 Å². The first kappa shape index (κ1) is 15.2. The van der Waals surface area contributed by atoms with Crippen molar-refractivity contribution in [2.24, 2.45) is 5.92 Å². The summed E-state index contributed by atoms with van der Waals surface area (Å²) in [6.07, 6.45) is 2.19. The van der Waals surface area contributed by atoms with E-state index in [4.69, 9.17) is 11.6 Å². The molecule has 3 nitrogen and oxygen atoms in total. The molecule has 1 aromatic rings. The van der Waals surface area contributed by atoms with Crippen LogP contribution >= 0.6 is 11.6 Å². The molecule has 4 heteroatoms. The zero-order chi connectivity index (χ0) is 14.7. The highest BCUT2D eigenvalue weighted by molar-refractivity contribution is 6.31. The lowest BCUT2D eigenvalue weighted by Gasteiger charge is -2.36. The van der Waals surface area contributed by atoms with Gasteiger partial charge in [0.05, 0.1) is 6.04 Å². The quantitative estimate of drug-likeness (QED) is 0.802. The first-order valence-electron chi connectivity index (χ1n) is 7.27. The van der Waals surface area contributed by atoms with Crippen molar-refractivity contribution in [3.63, 3.8) is 0 Å². The summed E-state index contributed by atoms with van der Waals surface area (Å²) in [6, 6.07) is 7.80. The Bertz CT molecular complexity index is 469. The number of nitrogens with zero attached hydrogens (tertiary/aromatic N) is 2. The summed E-state index contributed by atoms with van der Waals surface area (Å²) in [7, 11) is 1.86. The summed E-state index contributed by atoms with van der Waals surface area (Å²) in [4.78, 5) is 16.3. The Morgan fingerprint density at radius 3 is 2.55 bits per heavy atom. The number of likely N-dealkylation sites (tertiary alicyclic amines) is 1. The minimum absolute atomic E-state index is 0.0180. The van der Waals surface area contributed by atoms with Gasteiger partial charge in [0.15, 0.2) is 0 Å². The summed E-state index contributed by atoms with van der Waals surface area (Å²) in [5, 5.41) is 0.715. The lowest BCUT2D eigenvalue weighted by molar-refractivity contribution is 0.132. The average molecular weight is 295 g/mol. The van der Waals surface area contributed by atoms with Crippen LogP contribution in [-0.2, 0) is 0 Å². The average Bonchev–Trinajstić information content (AvgIpc) is 2.46. The van der Waals surface area contributed by atoms with Crippen molar-refractivity contribution in [1.29, 1.82) is 0 Å². The van der Waals surface area contributed by atoms with Crippen LogP contribution in [0, 0.1) is 5.92 Å². The van der Waals surface area contributed by atoms with E-state index in [0.717, 1.165) is 37.4 Å². The second-order valence-corrected chi connectivity index (χ2v) is 6.17. The minimum atomic E-state index is -0.0180. The van der Waals surface area contributed by atoms with Gasteiger partial charge in [-0.05, 0) is 37.3 Å². The molecule has 110 valence electrons. The highest BCUT2D eigenvalue weighted by Crippen LogP contribution is 2.27. The molecule has 0 N–H and O–H groups in total. The van der Waals surface area contributed by atoms with Gasteiger partial charge in [-0.2, -0.15) is 0 Å². The van der Waals surface area contributed by atoms with Crippen LogP contribution in [0.15, 0.2) is 24.3 Å². The molecule has 20 heavy (non-hydrogen) atoms. The third-order valence-corrected chi connectivity index (χ3v) is 4.64. The van der Waals surface area contributed by atoms with E-state index in [-0.39, 0.29) is 12.1 Å². The monoisotopic (exact) mass is 294 g/mol. The first-order valence-corrected chi connectivity index (χ1v) is 7.64. The van der Waals surface area contributed by atoms with E-state index < -0.39 is 0 Å². The smallest absolute Gasteiger partial charge is 0.320 e. The molecular formula is C16H23ClN2O. The Morgan fingerprint density at radius 1 is 1.35 bits per heavy atom. The molecule has 0 aromatic heterocycles. The van der Waals surface area contributed by atoms with E-state index in [1.54, 1.807) is 4.90 Å². The molecule has 0 aliphatic carbocycles. The van der Waals surface area contributed by atoms with Crippen molar-refractivity contribution in [3.8, 4) is 0 Å². The van der Waals surface area contributed by atoms with Crippen LogP contribution in [0.4, 0.5) is 4.79 Å². The molecule has 0 bridgehead atoms. The second kappa shape index (κ2) is 6.49. The normalized spacial score (nSPS) is 17.9. The Kier molecular flexibility index (Phi) is 4.92. The van der Waals surface area contributed by atoms with Gasteiger partial charge in [0.2, 0.25) is 0 Å². The van der Waals surface area contributed by atoms with E-state index in [1.807, 2.05) is 43.1 Å². The molecule has 1 unspecified atom stereocenters. The van der Waals surface area contributed by atoms with Crippen LogP contribution in [0.3, 0.4) is 0 Å². The number of amides is 2. The van der Waals surface area contributed by atoms with Crippen molar-refractivity contribution >= 4 is 17.6 Å². The number of rotatable bonds is 2. The molecule has 1 atom stereocenters. The van der Waals surface area contributed by atoms with Crippen LogP contribution < -0.4 is 0 Å². The van der Waals surface area contributed by atoms with E-state index in [2.05, 4.69) is 6.92 Å². The molecule has 1 heterocycles. The number of carbonyl (C=O) groups is 1. The fourth-order valence-corrected chi connectivity index (χ4v) is 2.90. The van der Waals surface area contributed by atoms with E-state index >= 15 is 0 Å². The molecule has 1 saturated heterocycles. The standard InChI is InChI=1S/C16H23ClN2O/c1-12-8-10-19(11-9-12)16(20)18(3)13(2)14-6-4-5-7-15(14)17/h4-7,12-13H,8-11H2,1-3H3. The van der Waals surface area contributed by atoms with Gasteiger partial charge in [-0.1, -0.05) is 36.7 Å². The van der Waals surface area contributed by atoms with Crippen molar-refractivity contribution in [2.45, 2.75) is 32.7 Å². The number of hydrogen-bond donors (Lipinski definition) is 0. The summed E-state index contributed by atoms with van der Waals surface area (Å²) in [5.41, 5.74) is 0.996. The summed E-state index contributed by atoms with van der Waals surface area (Å²) in [6.45, 7) is 5.99. The maximum absolute atomic E-state index is 12.5. The van der Waals surface area contributed by atoms with Crippen molar-refractivity contribution in [3.05, 3.63) is 34.9 Å². The van der Waals surface area contributed by atoms with Crippen LogP contribution in [0.25, 0.3) is 0 Å². The minimum Gasteiger partial charge on any atom is -0.325 e. The van der Waals surface area contributed by atoms with Gasteiger partial charge >= 0.3 is 6.03 Å². The van der Waals surface area contributed by atoms with E-state index in [9.17, 15) is 4.79 Å². The molecule has 1 aromatic carbocycles. The summed E-state index contributed by atoms with van der Waals surface area (Å²) in [5.74, 6) is 0.727. The first-order chi connectivity index (χ1) is 9.50. The molecule has 0 spiro atoms. The Morgan fingerprint density at radius 2 is 1.95 bits per heavy atom. The van der Waals surface area contributed by atoms with E-state index in [1.165, 1.54) is 0 Å². The van der Waals surface area contributed by atoms with Crippen molar-refractivity contribution < 1.29 is 4.79 Å². The molecule has 0 saturated carbocycles. The predicted molar refractivity (Wildman–Crippen MR) is 83.0 cm³/mol. The highest BCUT2D eigenvalue weighted by atomic mass is 35.5. The molecular weight excluding hydrogens is 272 g/mol. The van der Waals surface area contributed by atoms with Gasteiger partial charge in [-0.25, -0.2) is 4.79 Å². The number of piperidine rings is 1.